The summed E-state index contributed by atoms with van der Waals surface area (Å²) in [5, 5.41) is 4.89. The van der Waals surface area contributed by atoms with Crippen molar-refractivity contribution in [2.24, 2.45) is 0 Å². The molecule has 0 N–H and O–H groups in total. The highest BCUT2D eigenvalue weighted by atomic mass is 15.2. The van der Waals surface area contributed by atoms with Gasteiger partial charge in [-0.25, -0.2) is 0 Å². The maximum atomic E-state index is 2.55. The van der Waals surface area contributed by atoms with E-state index in [0.29, 0.717) is 11.8 Å². The van der Waals surface area contributed by atoms with Crippen molar-refractivity contribution in [1.29, 1.82) is 0 Å². The quantitative estimate of drug-likeness (QED) is 0.111. The number of rotatable bonds is 8. The van der Waals surface area contributed by atoms with Crippen molar-refractivity contribution in [2.75, 3.05) is 9.80 Å². The zero-order valence-electron chi connectivity index (χ0n) is 38.4. The van der Waals surface area contributed by atoms with Crippen LogP contribution < -0.4 is 9.80 Å². The molecule has 0 heterocycles. The van der Waals surface area contributed by atoms with E-state index in [9.17, 15) is 0 Å². The largest absolute Gasteiger partial charge is 0.309 e. The Morgan fingerprint density at radius 2 is 0.672 bits per heavy atom. The fourth-order valence-electron chi connectivity index (χ4n) is 11.1. The molecule has 0 bridgehead atoms. The predicted octanol–water partition coefficient (Wildman–Crippen LogP) is 17.8. The number of benzene rings is 9. The third kappa shape index (κ3) is 6.06. The van der Waals surface area contributed by atoms with Crippen molar-refractivity contribution in [3.05, 3.63) is 215 Å². The van der Waals surface area contributed by atoms with Crippen LogP contribution in [0.15, 0.2) is 182 Å². The van der Waals surface area contributed by atoms with Gasteiger partial charge in [0.15, 0.2) is 0 Å². The molecule has 2 heteroatoms. The van der Waals surface area contributed by atoms with Crippen molar-refractivity contribution in [2.45, 2.75) is 78.1 Å². The molecule has 2 aliphatic rings. The Hall–Kier alpha value is -6.90. The Kier molecular flexibility index (Phi) is 9.26. The average Bonchev–Trinajstić information content (AvgIpc) is 3.69. The van der Waals surface area contributed by atoms with Crippen LogP contribution in [0.2, 0.25) is 0 Å². The summed E-state index contributed by atoms with van der Waals surface area (Å²) in [7, 11) is 0. The lowest BCUT2D eigenvalue weighted by atomic mass is 9.82. The molecule has 0 fully saturated rings. The minimum Gasteiger partial charge on any atom is -0.309 e. The number of para-hydroxylation sites is 2. The molecule has 0 atom stereocenters. The van der Waals surface area contributed by atoms with Crippen molar-refractivity contribution in [3.63, 3.8) is 0 Å². The second kappa shape index (κ2) is 14.8. The fraction of sp³-hybridized carbons (Fsp3) is 0.194. The van der Waals surface area contributed by atoms with Crippen LogP contribution in [0.25, 0.3) is 43.8 Å². The van der Waals surface area contributed by atoms with E-state index in [0.717, 1.165) is 22.7 Å². The lowest BCUT2D eigenvalue weighted by Crippen LogP contribution is -2.18. The standard InChI is InChI=1S/C62H56N2/c1-39(2)41-27-31-51-53(35-41)59(63(43-19-11-9-12-20-43)45-29-33-49-47-23-15-17-25-55(47)61(5,6)57(49)37-45)52-32-28-42(40(3)4)36-54(52)60(51)64(44-21-13-10-14-22-44)46-30-34-50-48-24-16-18-26-56(48)62(7,8)58(50)38-46/h9-40H,1-8H3. The van der Waals surface area contributed by atoms with E-state index in [1.165, 1.54) is 88.6 Å². The lowest BCUT2D eigenvalue weighted by molar-refractivity contribution is 0.660. The monoisotopic (exact) mass is 828 g/mol. The van der Waals surface area contributed by atoms with Gasteiger partial charge in [0.1, 0.15) is 0 Å². The topological polar surface area (TPSA) is 6.48 Å². The van der Waals surface area contributed by atoms with E-state index in [1.807, 2.05) is 0 Å². The van der Waals surface area contributed by atoms with E-state index >= 15 is 0 Å². The zero-order chi connectivity index (χ0) is 44.1. The molecule has 0 aromatic heterocycles. The summed E-state index contributed by atoms with van der Waals surface area (Å²) in [5.74, 6) is 0.685. The minimum absolute atomic E-state index is 0.142. The number of anilines is 6. The molecule has 11 rings (SSSR count). The molecule has 0 amide bonds. The van der Waals surface area contributed by atoms with E-state index in [1.54, 1.807) is 0 Å². The molecule has 9 aromatic rings. The van der Waals surface area contributed by atoms with Crippen LogP contribution in [0, 0.1) is 0 Å². The number of fused-ring (bicyclic) bond motifs is 8. The zero-order valence-corrected chi connectivity index (χ0v) is 38.4. The van der Waals surface area contributed by atoms with Gasteiger partial charge < -0.3 is 9.80 Å². The van der Waals surface area contributed by atoms with E-state index in [4.69, 9.17) is 0 Å². The normalized spacial score (nSPS) is 14.2. The Balaban J connectivity index is 1.25. The number of hydrogen-bond acceptors (Lipinski definition) is 2. The van der Waals surface area contributed by atoms with Gasteiger partial charge in [-0.3, -0.25) is 0 Å². The molecular formula is C62H56N2. The Morgan fingerprint density at radius 1 is 0.312 bits per heavy atom. The second-order valence-corrected chi connectivity index (χ2v) is 19.8. The van der Waals surface area contributed by atoms with Gasteiger partial charge in [-0.1, -0.05) is 177 Å². The van der Waals surface area contributed by atoms with Gasteiger partial charge in [0.25, 0.3) is 0 Å². The highest BCUT2D eigenvalue weighted by molar-refractivity contribution is 6.23. The van der Waals surface area contributed by atoms with E-state index in [-0.39, 0.29) is 10.8 Å². The van der Waals surface area contributed by atoms with Crippen LogP contribution in [0.3, 0.4) is 0 Å². The first kappa shape index (κ1) is 39.9. The molecule has 0 spiro atoms. The summed E-state index contributed by atoms with van der Waals surface area (Å²) in [6.45, 7) is 18.8. The van der Waals surface area contributed by atoms with Gasteiger partial charge in [0.2, 0.25) is 0 Å². The summed E-state index contributed by atoms with van der Waals surface area (Å²) in [5.41, 5.74) is 20.1. The Labute approximate surface area is 379 Å². The molecule has 0 radical (unpaired) electrons. The molecule has 314 valence electrons. The number of hydrogen-bond donors (Lipinski definition) is 0. The second-order valence-electron chi connectivity index (χ2n) is 19.8. The first-order valence-electron chi connectivity index (χ1n) is 23.2. The third-order valence-corrected chi connectivity index (χ3v) is 14.6. The van der Waals surface area contributed by atoms with Crippen LogP contribution in [-0.2, 0) is 10.8 Å². The summed E-state index contributed by atoms with van der Waals surface area (Å²) in [4.78, 5) is 5.10. The first-order valence-corrected chi connectivity index (χ1v) is 23.2. The van der Waals surface area contributed by atoms with Crippen LogP contribution >= 0.6 is 0 Å². The molecule has 2 nitrogen and oxygen atoms in total. The lowest BCUT2D eigenvalue weighted by Gasteiger charge is -2.34. The maximum Gasteiger partial charge on any atom is 0.0620 e. The van der Waals surface area contributed by atoms with Crippen LogP contribution in [0.4, 0.5) is 34.1 Å². The van der Waals surface area contributed by atoms with Gasteiger partial charge >= 0.3 is 0 Å². The molecule has 2 aliphatic carbocycles. The Morgan fingerprint density at radius 3 is 1.06 bits per heavy atom. The van der Waals surface area contributed by atoms with Gasteiger partial charge in [0.05, 0.1) is 11.4 Å². The van der Waals surface area contributed by atoms with Crippen molar-refractivity contribution >= 4 is 55.7 Å². The maximum absolute atomic E-state index is 2.55. The molecule has 64 heavy (non-hydrogen) atoms. The SMILES string of the molecule is CC(C)c1ccc2c(N(c3ccccc3)c3ccc4c(c3)C(C)(C)c3ccccc3-4)c3cc(C(C)C)ccc3c(N(c3ccccc3)c3ccc4c(c3)C(C)(C)c3ccccc3-4)c2c1. The van der Waals surface area contributed by atoms with Crippen molar-refractivity contribution < 1.29 is 0 Å². The van der Waals surface area contributed by atoms with Crippen molar-refractivity contribution in [1.82, 2.24) is 0 Å². The predicted molar refractivity (Wildman–Crippen MR) is 274 cm³/mol. The number of nitrogens with zero attached hydrogens (tertiary/aromatic N) is 2. The minimum atomic E-state index is -0.142. The van der Waals surface area contributed by atoms with Gasteiger partial charge in [-0.15, -0.1) is 0 Å². The molecule has 9 aromatic carbocycles. The van der Waals surface area contributed by atoms with Gasteiger partial charge in [-0.2, -0.15) is 0 Å². The van der Waals surface area contributed by atoms with E-state index in [2.05, 4.69) is 247 Å². The van der Waals surface area contributed by atoms with Crippen molar-refractivity contribution in [3.8, 4) is 22.3 Å². The summed E-state index contributed by atoms with van der Waals surface area (Å²) < 4.78 is 0. The molecule has 0 saturated carbocycles. The highest BCUT2D eigenvalue weighted by Gasteiger charge is 2.38. The summed E-state index contributed by atoms with van der Waals surface area (Å²) in [6.07, 6.45) is 0. The first-order chi connectivity index (χ1) is 30.9. The molecule has 0 aliphatic heterocycles. The van der Waals surface area contributed by atoms with Crippen LogP contribution in [-0.4, -0.2) is 0 Å². The van der Waals surface area contributed by atoms with Gasteiger partial charge in [0, 0.05) is 55.1 Å². The van der Waals surface area contributed by atoms with Gasteiger partial charge in [-0.05, 0) is 128 Å². The highest BCUT2D eigenvalue weighted by Crippen LogP contribution is 2.56. The smallest absolute Gasteiger partial charge is 0.0620 e. The molecular weight excluding hydrogens is 773 g/mol. The Bertz CT molecular complexity index is 3060. The fourth-order valence-corrected chi connectivity index (χ4v) is 11.1. The summed E-state index contributed by atoms with van der Waals surface area (Å²) >= 11 is 0. The summed E-state index contributed by atoms with van der Waals surface area (Å²) in [6, 6.07) is 68.9. The molecule has 0 unspecified atom stereocenters. The third-order valence-electron chi connectivity index (χ3n) is 14.6. The van der Waals surface area contributed by atoms with Crippen LogP contribution in [0.5, 0.6) is 0 Å². The molecule has 0 saturated heterocycles. The van der Waals surface area contributed by atoms with Crippen LogP contribution in [0.1, 0.15) is 101 Å². The average molecular weight is 829 g/mol. The van der Waals surface area contributed by atoms with E-state index < -0.39 is 0 Å².